The maximum Gasteiger partial charge on any atom is 0.121 e. The molecule has 0 unspecified atom stereocenters. The molecule has 0 spiro atoms. The molecule has 5 nitrogen and oxygen atoms in total. The first-order valence-electron chi connectivity index (χ1n) is 6.98. The number of hydrogen-bond acceptors (Lipinski definition) is 4. The molecule has 1 heterocycles. The van der Waals surface area contributed by atoms with Crippen LogP contribution in [0, 0.1) is 0 Å². The molecule has 1 aromatic heterocycles. The molecule has 110 valence electrons. The highest BCUT2D eigenvalue weighted by Gasteiger charge is 2.11. The minimum atomic E-state index is 0.856. The van der Waals surface area contributed by atoms with Gasteiger partial charge in [0, 0.05) is 32.1 Å². The van der Waals surface area contributed by atoms with Gasteiger partial charge in [0.2, 0.25) is 0 Å². The van der Waals surface area contributed by atoms with Gasteiger partial charge in [-0.3, -0.25) is 0 Å². The normalized spacial score (nSPS) is 11.4. The fraction of sp³-hybridized carbons (Fsp3) is 0.533. The number of imidazole rings is 1. The number of hydrogen-bond donors (Lipinski definition) is 1. The molecule has 1 N–H and O–H groups in total. The molecule has 0 atom stereocenters. The van der Waals surface area contributed by atoms with Crippen molar-refractivity contribution in [3.63, 3.8) is 0 Å². The van der Waals surface area contributed by atoms with Gasteiger partial charge in [0.05, 0.1) is 18.1 Å². The second kappa shape index (κ2) is 6.72. The Kier molecular flexibility index (Phi) is 4.98. The number of rotatable bonds is 7. The molecule has 5 heteroatoms. The van der Waals surface area contributed by atoms with Gasteiger partial charge in [0.25, 0.3) is 0 Å². The molecule has 0 saturated heterocycles. The molecule has 0 aliphatic carbocycles. The fourth-order valence-electron chi connectivity index (χ4n) is 2.26. The predicted octanol–water partition coefficient (Wildman–Crippen LogP) is 1.37. The van der Waals surface area contributed by atoms with E-state index in [1.54, 1.807) is 7.11 Å². The summed E-state index contributed by atoms with van der Waals surface area (Å²) in [4.78, 5) is 6.95. The van der Waals surface area contributed by atoms with Crippen molar-refractivity contribution in [3.8, 4) is 5.75 Å². The number of nitrogens with one attached hydrogen (secondary N) is 1. The molecule has 2 rings (SSSR count). The Hall–Kier alpha value is -1.59. The summed E-state index contributed by atoms with van der Waals surface area (Å²) in [7, 11) is 7.84. The zero-order valence-electron chi connectivity index (χ0n) is 12.8. The average Bonchev–Trinajstić information content (AvgIpc) is 2.79. The van der Waals surface area contributed by atoms with E-state index in [-0.39, 0.29) is 0 Å². The number of benzene rings is 1. The fourth-order valence-corrected chi connectivity index (χ4v) is 2.26. The summed E-state index contributed by atoms with van der Waals surface area (Å²) in [5.41, 5.74) is 2.19. The predicted molar refractivity (Wildman–Crippen MR) is 82.5 cm³/mol. The van der Waals surface area contributed by atoms with Crippen LogP contribution in [-0.4, -0.2) is 55.8 Å². The molecule has 0 fully saturated rings. The van der Waals surface area contributed by atoms with E-state index in [2.05, 4.69) is 34.9 Å². The van der Waals surface area contributed by atoms with Crippen molar-refractivity contribution in [1.82, 2.24) is 19.8 Å². The summed E-state index contributed by atoms with van der Waals surface area (Å²) in [6.07, 6.45) is 0.931. The van der Waals surface area contributed by atoms with Crippen LogP contribution in [0.3, 0.4) is 0 Å². The van der Waals surface area contributed by atoms with Crippen LogP contribution in [0.2, 0.25) is 0 Å². The Balaban J connectivity index is 2.37. The maximum atomic E-state index is 5.28. The van der Waals surface area contributed by atoms with Crippen molar-refractivity contribution in [2.45, 2.75) is 13.0 Å². The topological polar surface area (TPSA) is 42.3 Å². The van der Waals surface area contributed by atoms with Crippen LogP contribution in [0.1, 0.15) is 5.82 Å². The Morgan fingerprint density at radius 2 is 2.15 bits per heavy atom. The third-order valence-corrected chi connectivity index (χ3v) is 3.40. The molecule has 0 bridgehead atoms. The van der Waals surface area contributed by atoms with Crippen LogP contribution in [0.4, 0.5) is 0 Å². The second-order valence-corrected chi connectivity index (χ2v) is 5.19. The van der Waals surface area contributed by atoms with Gasteiger partial charge >= 0.3 is 0 Å². The Bertz CT molecular complexity index is 562. The lowest BCUT2D eigenvalue weighted by Gasteiger charge is -2.13. The Labute approximate surface area is 120 Å². The van der Waals surface area contributed by atoms with Gasteiger partial charge in [-0.05, 0) is 33.3 Å². The van der Waals surface area contributed by atoms with Crippen molar-refractivity contribution >= 4 is 11.0 Å². The summed E-state index contributed by atoms with van der Waals surface area (Å²) < 4.78 is 7.59. The number of ether oxygens (including phenoxy) is 1. The first-order valence-corrected chi connectivity index (χ1v) is 6.98. The third kappa shape index (κ3) is 3.29. The molecule has 0 radical (unpaired) electrons. The van der Waals surface area contributed by atoms with Gasteiger partial charge in [-0.15, -0.1) is 0 Å². The molecular weight excluding hydrogens is 252 g/mol. The maximum absolute atomic E-state index is 5.28. The van der Waals surface area contributed by atoms with Crippen molar-refractivity contribution < 1.29 is 4.74 Å². The number of likely N-dealkylation sites (N-methyl/N-ethyl adjacent to an activating group) is 2. The first kappa shape index (κ1) is 14.8. The van der Waals surface area contributed by atoms with E-state index in [4.69, 9.17) is 9.72 Å². The lowest BCUT2D eigenvalue weighted by molar-refractivity contribution is 0.383. The minimum Gasteiger partial charge on any atom is -0.497 e. The average molecular weight is 276 g/mol. The van der Waals surface area contributed by atoms with Gasteiger partial charge in [-0.2, -0.15) is 0 Å². The highest BCUT2D eigenvalue weighted by atomic mass is 16.5. The van der Waals surface area contributed by atoms with Gasteiger partial charge in [-0.25, -0.2) is 4.98 Å². The van der Waals surface area contributed by atoms with E-state index in [1.165, 1.54) is 5.52 Å². The van der Waals surface area contributed by atoms with E-state index < -0.39 is 0 Å². The first-order chi connectivity index (χ1) is 9.65. The lowest BCUT2D eigenvalue weighted by Crippen LogP contribution is -2.21. The standard InChI is InChI=1S/C15H24N4O/c1-16-8-7-15-17-13-11-12(20-4)5-6-14(13)19(15)10-9-18(2)3/h5-6,11,16H,7-10H2,1-4H3. The molecular formula is C15H24N4O. The quantitative estimate of drug-likeness (QED) is 0.829. The smallest absolute Gasteiger partial charge is 0.121 e. The summed E-state index contributed by atoms with van der Waals surface area (Å²) in [5, 5.41) is 3.19. The summed E-state index contributed by atoms with van der Waals surface area (Å²) in [6.45, 7) is 2.89. The van der Waals surface area contributed by atoms with Crippen molar-refractivity contribution in [1.29, 1.82) is 0 Å². The number of fused-ring (bicyclic) bond motifs is 1. The highest BCUT2D eigenvalue weighted by molar-refractivity contribution is 5.77. The van der Waals surface area contributed by atoms with Crippen LogP contribution >= 0.6 is 0 Å². The summed E-state index contributed by atoms with van der Waals surface area (Å²) in [6, 6.07) is 6.10. The second-order valence-electron chi connectivity index (χ2n) is 5.19. The molecule has 0 aliphatic rings. The minimum absolute atomic E-state index is 0.856. The lowest BCUT2D eigenvalue weighted by atomic mass is 10.3. The zero-order chi connectivity index (χ0) is 14.5. The number of methoxy groups -OCH3 is 1. The van der Waals surface area contributed by atoms with Gasteiger partial charge in [0.15, 0.2) is 0 Å². The van der Waals surface area contributed by atoms with Gasteiger partial charge in [0.1, 0.15) is 11.6 Å². The van der Waals surface area contributed by atoms with Gasteiger partial charge in [-0.1, -0.05) is 0 Å². The molecule has 0 aliphatic heterocycles. The van der Waals surface area contributed by atoms with Crippen LogP contribution in [-0.2, 0) is 13.0 Å². The SMILES string of the molecule is CNCCc1nc2cc(OC)ccc2n1CCN(C)C. The number of aromatic nitrogens is 2. The Morgan fingerprint density at radius 1 is 1.35 bits per heavy atom. The van der Waals surface area contributed by atoms with Crippen LogP contribution in [0.25, 0.3) is 11.0 Å². The van der Waals surface area contributed by atoms with Crippen molar-refractivity contribution in [2.24, 2.45) is 0 Å². The van der Waals surface area contributed by atoms with Crippen LogP contribution in [0.5, 0.6) is 5.75 Å². The van der Waals surface area contributed by atoms with E-state index in [9.17, 15) is 0 Å². The van der Waals surface area contributed by atoms with E-state index in [0.717, 1.165) is 43.1 Å². The highest BCUT2D eigenvalue weighted by Crippen LogP contribution is 2.22. The molecule has 20 heavy (non-hydrogen) atoms. The summed E-state index contributed by atoms with van der Waals surface area (Å²) in [5.74, 6) is 1.99. The van der Waals surface area contributed by atoms with Crippen molar-refractivity contribution in [3.05, 3.63) is 24.0 Å². The van der Waals surface area contributed by atoms with E-state index in [0.29, 0.717) is 0 Å². The number of nitrogens with zero attached hydrogens (tertiary/aromatic N) is 3. The molecule has 2 aromatic rings. The zero-order valence-corrected chi connectivity index (χ0v) is 12.8. The monoisotopic (exact) mass is 276 g/mol. The van der Waals surface area contributed by atoms with E-state index in [1.807, 2.05) is 19.2 Å². The Morgan fingerprint density at radius 3 is 2.80 bits per heavy atom. The molecule has 0 saturated carbocycles. The molecule has 1 aromatic carbocycles. The van der Waals surface area contributed by atoms with Crippen molar-refractivity contribution in [2.75, 3.05) is 41.3 Å². The van der Waals surface area contributed by atoms with Crippen LogP contribution < -0.4 is 10.1 Å². The molecule has 0 amide bonds. The van der Waals surface area contributed by atoms with E-state index >= 15 is 0 Å². The van der Waals surface area contributed by atoms with Gasteiger partial charge < -0.3 is 19.5 Å². The largest absolute Gasteiger partial charge is 0.497 e. The third-order valence-electron chi connectivity index (χ3n) is 3.40. The summed E-state index contributed by atoms with van der Waals surface area (Å²) >= 11 is 0. The van der Waals surface area contributed by atoms with Crippen LogP contribution in [0.15, 0.2) is 18.2 Å².